The van der Waals surface area contributed by atoms with Gasteiger partial charge in [0, 0.05) is 11.9 Å². The summed E-state index contributed by atoms with van der Waals surface area (Å²) in [4.78, 5) is 8.57. The van der Waals surface area contributed by atoms with E-state index in [0.29, 0.717) is 11.7 Å². The molecule has 0 amide bonds. The monoisotopic (exact) mass is 272 g/mol. The van der Waals surface area contributed by atoms with Gasteiger partial charge in [-0.15, -0.1) is 23.7 Å². The van der Waals surface area contributed by atoms with Crippen LogP contribution < -0.4 is 5.32 Å². The highest BCUT2D eigenvalue weighted by Crippen LogP contribution is 2.24. The molecule has 7 heteroatoms. The number of hydrogen-bond donors (Lipinski definition) is 1. The standard InChI is InChI=1S/C10H12N4OS.ClH/c1-2-7(4-11-3-1)10-13-9(14-15-10)8-5-16-6-12-8;/h5-7,11H,1-4H2;1H. The Morgan fingerprint density at radius 3 is 3.12 bits per heavy atom. The number of rotatable bonds is 2. The number of halogens is 1. The lowest BCUT2D eigenvalue weighted by Crippen LogP contribution is -2.28. The molecule has 3 heterocycles. The van der Waals surface area contributed by atoms with E-state index in [0.717, 1.165) is 31.1 Å². The van der Waals surface area contributed by atoms with Gasteiger partial charge in [0.15, 0.2) is 0 Å². The lowest BCUT2D eigenvalue weighted by molar-refractivity contribution is 0.322. The number of nitrogens with one attached hydrogen (secondary N) is 1. The third-order valence-electron chi connectivity index (χ3n) is 2.75. The molecule has 2 aromatic rings. The van der Waals surface area contributed by atoms with Crippen molar-refractivity contribution in [3.05, 3.63) is 16.8 Å². The first-order valence-electron chi connectivity index (χ1n) is 5.36. The van der Waals surface area contributed by atoms with Crippen LogP contribution in [0.3, 0.4) is 0 Å². The van der Waals surface area contributed by atoms with E-state index in [9.17, 15) is 0 Å². The van der Waals surface area contributed by atoms with Crippen molar-refractivity contribution < 1.29 is 4.52 Å². The van der Waals surface area contributed by atoms with E-state index in [4.69, 9.17) is 4.52 Å². The van der Waals surface area contributed by atoms with E-state index < -0.39 is 0 Å². The van der Waals surface area contributed by atoms with E-state index in [1.54, 1.807) is 5.51 Å². The molecule has 0 bridgehead atoms. The maximum absolute atomic E-state index is 5.29. The normalized spacial score (nSPS) is 19.9. The summed E-state index contributed by atoms with van der Waals surface area (Å²) in [6.45, 7) is 2.02. The zero-order valence-corrected chi connectivity index (χ0v) is 10.8. The first kappa shape index (κ1) is 12.5. The first-order valence-corrected chi connectivity index (χ1v) is 6.30. The zero-order chi connectivity index (χ0) is 10.8. The fraction of sp³-hybridized carbons (Fsp3) is 0.500. The summed E-state index contributed by atoms with van der Waals surface area (Å²) in [5, 5.41) is 9.22. The highest BCUT2D eigenvalue weighted by Gasteiger charge is 2.21. The third kappa shape index (κ3) is 2.65. The van der Waals surface area contributed by atoms with Gasteiger partial charge in [-0.1, -0.05) is 5.16 Å². The minimum Gasteiger partial charge on any atom is -0.339 e. The quantitative estimate of drug-likeness (QED) is 0.907. The van der Waals surface area contributed by atoms with E-state index in [1.807, 2.05) is 5.38 Å². The predicted octanol–water partition coefficient (Wildman–Crippen LogP) is 2.08. The van der Waals surface area contributed by atoms with E-state index in [2.05, 4.69) is 20.4 Å². The second kappa shape index (κ2) is 5.57. The molecule has 1 aliphatic rings. The molecule has 1 fully saturated rings. The molecule has 5 nitrogen and oxygen atoms in total. The van der Waals surface area contributed by atoms with Crippen molar-refractivity contribution in [1.29, 1.82) is 0 Å². The highest BCUT2D eigenvalue weighted by atomic mass is 35.5. The molecule has 1 saturated heterocycles. The van der Waals surface area contributed by atoms with Crippen LogP contribution in [0.25, 0.3) is 11.5 Å². The second-order valence-corrected chi connectivity index (χ2v) is 4.59. The summed E-state index contributed by atoms with van der Waals surface area (Å²) < 4.78 is 5.29. The second-order valence-electron chi connectivity index (χ2n) is 3.87. The Bertz CT molecular complexity index is 453. The average molecular weight is 273 g/mol. The van der Waals surface area contributed by atoms with Crippen LogP contribution in [-0.4, -0.2) is 28.2 Å². The topological polar surface area (TPSA) is 63.8 Å². The molecule has 0 aromatic carbocycles. The van der Waals surface area contributed by atoms with Gasteiger partial charge in [-0.3, -0.25) is 0 Å². The van der Waals surface area contributed by atoms with Gasteiger partial charge in [-0.25, -0.2) is 4.98 Å². The first-order chi connectivity index (χ1) is 7.93. The van der Waals surface area contributed by atoms with Crippen molar-refractivity contribution in [2.24, 2.45) is 0 Å². The molecule has 17 heavy (non-hydrogen) atoms. The summed E-state index contributed by atoms with van der Waals surface area (Å²) in [5.41, 5.74) is 2.57. The fourth-order valence-electron chi connectivity index (χ4n) is 1.89. The van der Waals surface area contributed by atoms with E-state index in [1.165, 1.54) is 17.8 Å². The Hall–Kier alpha value is -0.980. The molecule has 1 N–H and O–H groups in total. The van der Waals surface area contributed by atoms with Crippen LogP contribution in [0.5, 0.6) is 0 Å². The molecule has 0 spiro atoms. The van der Waals surface area contributed by atoms with Gasteiger partial charge in [0.1, 0.15) is 5.69 Å². The molecule has 1 unspecified atom stereocenters. The largest absolute Gasteiger partial charge is 0.339 e. The molecular weight excluding hydrogens is 260 g/mol. The van der Waals surface area contributed by atoms with E-state index in [-0.39, 0.29) is 12.4 Å². The SMILES string of the molecule is Cl.c1nc(-c2noc(C3CCCNC3)n2)cs1. The van der Waals surface area contributed by atoms with Crippen LogP contribution in [0.2, 0.25) is 0 Å². The number of thiazole rings is 1. The molecule has 1 atom stereocenters. The minimum atomic E-state index is 0. The Morgan fingerprint density at radius 1 is 1.47 bits per heavy atom. The molecule has 92 valence electrons. The van der Waals surface area contributed by atoms with Crippen LogP contribution in [0, 0.1) is 0 Å². The van der Waals surface area contributed by atoms with Crippen LogP contribution in [0.15, 0.2) is 15.4 Å². The van der Waals surface area contributed by atoms with Crippen LogP contribution in [-0.2, 0) is 0 Å². The summed E-state index contributed by atoms with van der Waals surface area (Å²) in [6.07, 6.45) is 2.28. The van der Waals surface area contributed by atoms with Gasteiger partial charge in [0.05, 0.1) is 11.4 Å². The van der Waals surface area contributed by atoms with Crippen LogP contribution >= 0.6 is 23.7 Å². The van der Waals surface area contributed by atoms with Crippen molar-refractivity contribution in [2.45, 2.75) is 18.8 Å². The van der Waals surface area contributed by atoms with Gasteiger partial charge >= 0.3 is 0 Å². The van der Waals surface area contributed by atoms with Gasteiger partial charge < -0.3 is 9.84 Å². The Morgan fingerprint density at radius 2 is 2.41 bits per heavy atom. The zero-order valence-electron chi connectivity index (χ0n) is 9.13. The highest BCUT2D eigenvalue weighted by molar-refractivity contribution is 7.07. The summed E-state index contributed by atoms with van der Waals surface area (Å²) in [7, 11) is 0. The molecule has 0 aliphatic carbocycles. The van der Waals surface area contributed by atoms with Gasteiger partial charge in [-0.05, 0) is 19.4 Å². The smallest absolute Gasteiger partial charge is 0.231 e. The minimum absolute atomic E-state index is 0. The van der Waals surface area contributed by atoms with Crippen LogP contribution in [0.4, 0.5) is 0 Å². The Labute approximate surface area is 109 Å². The maximum Gasteiger partial charge on any atom is 0.231 e. The number of nitrogens with zero attached hydrogens (tertiary/aromatic N) is 3. The molecular formula is C10H13ClN4OS. The average Bonchev–Trinajstić information content (AvgIpc) is 3.01. The van der Waals surface area contributed by atoms with Gasteiger partial charge in [-0.2, -0.15) is 4.98 Å². The van der Waals surface area contributed by atoms with Crippen molar-refractivity contribution in [3.8, 4) is 11.5 Å². The fourth-order valence-corrected chi connectivity index (χ4v) is 2.42. The number of aromatic nitrogens is 3. The Kier molecular flexibility index (Phi) is 4.09. The lowest BCUT2D eigenvalue weighted by Gasteiger charge is -2.18. The molecule has 1 aliphatic heterocycles. The summed E-state index contributed by atoms with van der Waals surface area (Å²) in [6, 6.07) is 0. The molecule has 2 aromatic heterocycles. The maximum atomic E-state index is 5.29. The number of hydrogen-bond acceptors (Lipinski definition) is 6. The summed E-state index contributed by atoms with van der Waals surface area (Å²) >= 11 is 1.53. The molecule has 3 rings (SSSR count). The van der Waals surface area contributed by atoms with Crippen molar-refractivity contribution in [3.63, 3.8) is 0 Å². The Balaban J connectivity index is 0.00000108. The molecule has 0 radical (unpaired) electrons. The lowest BCUT2D eigenvalue weighted by atomic mass is 10.00. The summed E-state index contributed by atoms with van der Waals surface area (Å²) in [5.74, 6) is 1.69. The third-order valence-corrected chi connectivity index (χ3v) is 3.34. The van der Waals surface area contributed by atoms with Gasteiger partial charge in [0.2, 0.25) is 11.7 Å². The van der Waals surface area contributed by atoms with Crippen molar-refractivity contribution >= 4 is 23.7 Å². The van der Waals surface area contributed by atoms with Gasteiger partial charge in [0.25, 0.3) is 0 Å². The number of piperidine rings is 1. The van der Waals surface area contributed by atoms with Crippen molar-refractivity contribution in [1.82, 2.24) is 20.4 Å². The predicted molar refractivity (Wildman–Crippen MR) is 67.5 cm³/mol. The van der Waals surface area contributed by atoms with Crippen molar-refractivity contribution in [2.75, 3.05) is 13.1 Å². The van der Waals surface area contributed by atoms with E-state index >= 15 is 0 Å². The van der Waals surface area contributed by atoms with Crippen LogP contribution in [0.1, 0.15) is 24.7 Å². The molecule has 0 saturated carbocycles.